The van der Waals surface area contributed by atoms with Crippen LogP contribution in [0.2, 0.25) is 0 Å². The number of rotatable bonds is 5. The van der Waals surface area contributed by atoms with Crippen molar-refractivity contribution in [1.82, 2.24) is 4.90 Å². The van der Waals surface area contributed by atoms with Crippen LogP contribution in [-0.2, 0) is 4.74 Å². The van der Waals surface area contributed by atoms with E-state index in [4.69, 9.17) is 16.3 Å². The van der Waals surface area contributed by atoms with Crippen LogP contribution in [0.4, 0.5) is 20.6 Å². The number of hydrogen-bond donors (Lipinski definition) is 2. The van der Waals surface area contributed by atoms with E-state index in [9.17, 15) is 14.3 Å². The molecular formula is C18H27ClFN3O3. The number of nitrogens with one attached hydrogen (secondary N) is 1. The van der Waals surface area contributed by atoms with E-state index in [0.29, 0.717) is 31.9 Å². The van der Waals surface area contributed by atoms with E-state index >= 15 is 0 Å². The minimum absolute atomic E-state index is 0.103. The first-order valence-electron chi connectivity index (χ1n) is 8.70. The highest BCUT2D eigenvalue weighted by Gasteiger charge is 2.26. The van der Waals surface area contributed by atoms with Crippen LogP contribution in [0.15, 0.2) is 18.2 Å². The molecular weight excluding hydrogens is 361 g/mol. The number of carbonyl (C=O) groups excluding carboxylic acids is 1. The number of aliphatic hydroxyl groups excluding tert-OH is 1. The molecule has 2 rings (SSSR count). The fourth-order valence-corrected chi connectivity index (χ4v) is 2.77. The third-order valence-corrected chi connectivity index (χ3v) is 4.29. The standard InChI is InChI=1S/C18H27ClFN3O3/c1-18(2,3)26-17(25)23-8-6-22(7-9-23)16-5-4-13(20)10-15(16)21-12-14(24)11-19/h4-5,10,14,21,24H,6-9,11-12H2,1-3H3. The lowest BCUT2D eigenvalue weighted by Gasteiger charge is -2.37. The summed E-state index contributed by atoms with van der Waals surface area (Å²) in [5.41, 5.74) is 0.905. The van der Waals surface area contributed by atoms with Gasteiger partial charge in [-0.15, -0.1) is 11.6 Å². The average molecular weight is 388 g/mol. The molecule has 1 aromatic rings. The maximum absolute atomic E-state index is 13.6. The van der Waals surface area contributed by atoms with Crippen LogP contribution in [0.1, 0.15) is 20.8 Å². The van der Waals surface area contributed by atoms with Gasteiger partial charge in [0.15, 0.2) is 0 Å². The zero-order valence-electron chi connectivity index (χ0n) is 15.5. The molecule has 1 unspecified atom stereocenters. The van der Waals surface area contributed by atoms with E-state index in [2.05, 4.69) is 10.2 Å². The van der Waals surface area contributed by atoms with Gasteiger partial charge in [0.25, 0.3) is 0 Å². The minimum atomic E-state index is -0.711. The molecule has 1 heterocycles. The molecule has 1 amide bonds. The molecule has 26 heavy (non-hydrogen) atoms. The monoisotopic (exact) mass is 387 g/mol. The van der Waals surface area contributed by atoms with E-state index < -0.39 is 11.7 Å². The smallest absolute Gasteiger partial charge is 0.410 e. The van der Waals surface area contributed by atoms with E-state index in [-0.39, 0.29) is 24.3 Å². The number of benzene rings is 1. The number of hydrogen-bond acceptors (Lipinski definition) is 5. The molecule has 8 heteroatoms. The maximum atomic E-state index is 13.6. The van der Waals surface area contributed by atoms with E-state index in [1.54, 1.807) is 11.0 Å². The Kier molecular flexibility index (Phi) is 6.94. The Bertz CT molecular complexity index is 616. The quantitative estimate of drug-likeness (QED) is 0.760. The van der Waals surface area contributed by atoms with Gasteiger partial charge < -0.3 is 25.0 Å². The highest BCUT2D eigenvalue weighted by atomic mass is 35.5. The first-order chi connectivity index (χ1) is 12.2. The molecule has 0 spiro atoms. The van der Waals surface area contributed by atoms with Crippen LogP contribution >= 0.6 is 11.6 Å². The van der Waals surface area contributed by atoms with Gasteiger partial charge >= 0.3 is 6.09 Å². The van der Waals surface area contributed by atoms with E-state index in [1.807, 2.05) is 20.8 Å². The molecule has 1 aliphatic rings. The van der Waals surface area contributed by atoms with Crippen molar-refractivity contribution in [1.29, 1.82) is 0 Å². The first kappa shape index (κ1) is 20.6. The van der Waals surface area contributed by atoms with Crippen LogP contribution in [0.3, 0.4) is 0 Å². The Morgan fingerprint density at radius 3 is 2.58 bits per heavy atom. The summed E-state index contributed by atoms with van der Waals surface area (Å²) in [7, 11) is 0. The summed E-state index contributed by atoms with van der Waals surface area (Å²) in [6.07, 6.45) is -1.03. The van der Waals surface area contributed by atoms with Gasteiger partial charge in [-0.25, -0.2) is 9.18 Å². The number of amides is 1. The lowest BCUT2D eigenvalue weighted by atomic mass is 10.2. The summed E-state index contributed by atoms with van der Waals surface area (Å²) in [6, 6.07) is 4.50. The molecule has 0 radical (unpaired) electrons. The van der Waals surface area contributed by atoms with Gasteiger partial charge in [0.2, 0.25) is 0 Å². The molecule has 0 bridgehead atoms. The van der Waals surface area contributed by atoms with Crippen molar-refractivity contribution < 1.29 is 19.0 Å². The predicted octanol–water partition coefficient (Wildman–Crippen LogP) is 2.89. The zero-order valence-corrected chi connectivity index (χ0v) is 16.2. The number of aliphatic hydroxyl groups is 1. The lowest BCUT2D eigenvalue weighted by Crippen LogP contribution is -2.50. The largest absolute Gasteiger partial charge is 0.444 e. The summed E-state index contributed by atoms with van der Waals surface area (Å²) in [6.45, 7) is 8.02. The number of halogens is 2. The summed E-state index contributed by atoms with van der Waals surface area (Å²) < 4.78 is 19.0. The Hall–Kier alpha value is -1.73. The molecule has 0 aromatic heterocycles. The highest BCUT2D eigenvalue weighted by Crippen LogP contribution is 2.28. The second-order valence-electron chi connectivity index (χ2n) is 7.30. The van der Waals surface area contributed by atoms with Crippen LogP contribution in [0.5, 0.6) is 0 Å². The number of piperazine rings is 1. The summed E-state index contributed by atoms with van der Waals surface area (Å²) in [5.74, 6) is -0.254. The normalized spacial score (nSPS) is 16.4. The number of carbonyl (C=O) groups is 1. The number of anilines is 2. The fraction of sp³-hybridized carbons (Fsp3) is 0.611. The molecule has 0 aliphatic carbocycles. The lowest BCUT2D eigenvalue weighted by molar-refractivity contribution is 0.0240. The number of nitrogens with zero attached hydrogens (tertiary/aromatic N) is 2. The Morgan fingerprint density at radius 1 is 1.35 bits per heavy atom. The Balaban J connectivity index is 2.01. The molecule has 6 nitrogen and oxygen atoms in total. The second-order valence-corrected chi connectivity index (χ2v) is 7.61. The summed E-state index contributed by atoms with van der Waals surface area (Å²) in [4.78, 5) is 15.9. The number of alkyl halides is 1. The van der Waals surface area contributed by atoms with Crippen molar-refractivity contribution in [3.63, 3.8) is 0 Å². The summed E-state index contributed by atoms with van der Waals surface area (Å²) >= 11 is 5.61. The van der Waals surface area contributed by atoms with Gasteiger partial charge in [0.05, 0.1) is 23.4 Å². The van der Waals surface area contributed by atoms with Crippen molar-refractivity contribution >= 4 is 29.1 Å². The molecule has 146 valence electrons. The molecule has 1 aliphatic heterocycles. The topological polar surface area (TPSA) is 65.0 Å². The molecule has 1 atom stereocenters. The molecule has 1 fully saturated rings. The highest BCUT2D eigenvalue weighted by molar-refractivity contribution is 6.18. The predicted molar refractivity (Wildman–Crippen MR) is 102 cm³/mol. The average Bonchev–Trinajstić information content (AvgIpc) is 2.58. The van der Waals surface area contributed by atoms with E-state index in [0.717, 1.165) is 5.69 Å². The molecule has 0 saturated carbocycles. The van der Waals surface area contributed by atoms with Gasteiger partial charge in [0.1, 0.15) is 11.4 Å². The van der Waals surface area contributed by atoms with Gasteiger partial charge in [0, 0.05) is 32.7 Å². The third kappa shape index (κ3) is 5.92. The minimum Gasteiger partial charge on any atom is -0.444 e. The zero-order chi connectivity index (χ0) is 19.3. The maximum Gasteiger partial charge on any atom is 0.410 e. The van der Waals surface area contributed by atoms with Gasteiger partial charge in [-0.05, 0) is 39.0 Å². The van der Waals surface area contributed by atoms with Gasteiger partial charge in [-0.2, -0.15) is 0 Å². The fourth-order valence-electron chi connectivity index (χ4n) is 2.66. The van der Waals surface area contributed by atoms with Gasteiger partial charge in [-0.1, -0.05) is 0 Å². The SMILES string of the molecule is CC(C)(C)OC(=O)N1CCN(c2ccc(F)cc2NCC(O)CCl)CC1. The van der Waals surface area contributed by atoms with Crippen molar-refractivity contribution in [2.24, 2.45) is 0 Å². The molecule has 1 saturated heterocycles. The first-order valence-corrected chi connectivity index (χ1v) is 9.23. The molecule has 1 aromatic carbocycles. The third-order valence-electron chi connectivity index (χ3n) is 3.94. The summed E-state index contributed by atoms with van der Waals surface area (Å²) in [5, 5.41) is 12.7. The van der Waals surface area contributed by atoms with Gasteiger partial charge in [-0.3, -0.25) is 0 Å². The second kappa shape index (κ2) is 8.77. The van der Waals surface area contributed by atoms with Crippen molar-refractivity contribution in [3.05, 3.63) is 24.0 Å². The van der Waals surface area contributed by atoms with Crippen LogP contribution in [-0.4, -0.2) is 66.4 Å². The van der Waals surface area contributed by atoms with Crippen molar-refractivity contribution in [3.8, 4) is 0 Å². The number of ether oxygens (including phenoxy) is 1. The van der Waals surface area contributed by atoms with Crippen LogP contribution < -0.4 is 10.2 Å². The van der Waals surface area contributed by atoms with Crippen LogP contribution in [0.25, 0.3) is 0 Å². The Labute approximate surface area is 158 Å². The van der Waals surface area contributed by atoms with E-state index in [1.165, 1.54) is 12.1 Å². The van der Waals surface area contributed by atoms with Crippen molar-refractivity contribution in [2.45, 2.75) is 32.5 Å². The molecule has 2 N–H and O–H groups in total. The van der Waals surface area contributed by atoms with Crippen molar-refractivity contribution in [2.75, 3.05) is 48.8 Å². The van der Waals surface area contributed by atoms with Crippen LogP contribution in [0, 0.1) is 5.82 Å². The Morgan fingerprint density at radius 2 is 2.00 bits per heavy atom.